The number of aromatic nitrogens is 1. The molecule has 0 aliphatic heterocycles. The summed E-state index contributed by atoms with van der Waals surface area (Å²) in [6.07, 6.45) is 0.796. The Balaban J connectivity index is 1.41. The van der Waals surface area contributed by atoms with Crippen molar-refractivity contribution < 1.29 is 4.79 Å². The molecule has 0 bridgehead atoms. The summed E-state index contributed by atoms with van der Waals surface area (Å²) >= 11 is 1.73. The highest BCUT2D eigenvalue weighted by molar-refractivity contribution is 7.18. The Morgan fingerprint density at radius 2 is 1.68 bits per heavy atom. The Labute approximate surface area is 169 Å². The molecule has 4 rings (SSSR count). The maximum Gasteiger partial charge on any atom is 0.255 e. The summed E-state index contributed by atoms with van der Waals surface area (Å²) < 4.78 is 1.21. The van der Waals surface area contributed by atoms with Gasteiger partial charge in [0.2, 0.25) is 0 Å². The molecule has 3 aromatic carbocycles. The van der Waals surface area contributed by atoms with Gasteiger partial charge in [0.25, 0.3) is 5.91 Å². The highest BCUT2D eigenvalue weighted by Gasteiger charge is 2.08. The third kappa shape index (κ3) is 4.12. The van der Waals surface area contributed by atoms with Crippen LogP contribution < -0.4 is 5.32 Å². The minimum atomic E-state index is -0.0887. The van der Waals surface area contributed by atoms with E-state index in [4.69, 9.17) is 0 Å². The molecule has 1 aromatic heterocycles. The van der Waals surface area contributed by atoms with Crippen molar-refractivity contribution in [3.05, 3.63) is 94.5 Å². The average molecular weight is 387 g/mol. The lowest BCUT2D eigenvalue weighted by atomic mass is 10.0. The van der Waals surface area contributed by atoms with E-state index in [9.17, 15) is 4.79 Å². The number of fused-ring (bicyclic) bond motifs is 1. The molecule has 1 heterocycles. The molecule has 3 nitrogen and oxygen atoms in total. The molecule has 0 fully saturated rings. The molecule has 1 amide bonds. The summed E-state index contributed by atoms with van der Waals surface area (Å²) in [5, 5.41) is 4.07. The van der Waals surface area contributed by atoms with Crippen molar-refractivity contribution in [1.82, 2.24) is 4.98 Å². The number of benzene rings is 3. The van der Waals surface area contributed by atoms with Crippen molar-refractivity contribution in [2.24, 2.45) is 0 Å². The number of amides is 1. The zero-order chi connectivity index (χ0) is 19.5. The molecule has 0 unspecified atom stereocenters. The second-order valence-electron chi connectivity index (χ2n) is 7.18. The molecule has 0 spiro atoms. The van der Waals surface area contributed by atoms with Gasteiger partial charge in [0.1, 0.15) is 0 Å². The third-order valence-corrected chi connectivity index (χ3v) is 5.78. The monoisotopic (exact) mass is 386 g/mol. The minimum Gasteiger partial charge on any atom is -0.322 e. The van der Waals surface area contributed by atoms with E-state index in [0.29, 0.717) is 11.5 Å². The maximum absolute atomic E-state index is 12.5. The van der Waals surface area contributed by atoms with E-state index in [1.165, 1.54) is 15.8 Å². The molecule has 28 heavy (non-hydrogen) atoms. The van der Waals surface area contributed by atoms with Crippen molar-refractivity contribution in [1.29, 1.82) is 0 Å². The number of para-hydroxylation sites is 1. The van der Waals surface area contributed by atoms with Gasteiger partial charge in [0.15, 0.2) is 0 Å². The van der Waals surface area contributed by atoms with Crippen molar-refractivity contribution in [3.63, 3.8) is 0 Å². The maximum atomic E-state index is 12.5. The van der Waals surface area contributed by atoms with Gasteiger partial charge >= 0.3 is 0 Å². The number of nitrogens with zero attached hydrogens (tertiary/aromatic N) is 1. The number of carbonyl (C=O) groups excluding carboxylic acids is 1. The van der Waals surface area contributed by atoms with Crippen LogP contribution in [0.25, 0.3) is 10.2 Å². The second kappa shape index (κ2) is 7.95. The average Bonchev–Trinajstić information content (AvgIpc) is 3.12. The fourth-order valence-electron chi connectivity index (χ4n) is 3.10. The van der Waals surface area contributed by atoms with E-state index in [0.717, 1.165) is 22.6 Å². The van der Waals surface area contributed by atoms with Gasteiger partial charge in [-0.2, -0.15) is 0 Å². The van der Waals surface area contributed by atoms with E-state index in [2.05, 4.69) is 30.2 Å². The van der Waals surface area contributed by atoms with E-state index >= 15 is 0 Å². The molecule has 0 saturated carbocycles. The quantitative estimate of drug-likeness (QED) is 0.440. The van der Waals surface area contributed by atoms with Crippen LogP contribution in [0.3, 0.4) is 0 Å². The third-order valence-electron chi connectivity index (χ3n) is 4.74. The first-order chi connectivity index (χ1) is 13.6. The molecule has 0 aliphatic carbocycles. The summed E-state index contributed by atoms with van der Waals surface area (Å²) in [5.41, 5.74) is 4.93. The molecule has 1 N–H and O–H groups in total. The number of thiazole rings is 1. The molecule has 0 radical (unpaired) electrons. The Hall–Kier alpha value is -2.98. The highest BCUT2D eigenvalue weighted by Crippen LogP contribution is 2.24. The van der Waals surface area contributed by atoms with E-state index in [1.54, 1.807) is 11.3 Å². The standard InChI is InChI=1S/C24H22N2OS/c1-16(2)18-9-11-19(12-10-18)24(27)25-20-13-7-17(8-14-20)15-23-26-21-5-3-4-6-22(21)28-23/h3-14,16H,15H2,1-2H3,(H,25,27). The highest BCUT2D eigenvalue weighted by atomic mass is 32.1. The van der Waals surface area contributed by atoms with Gasteiger partial charge in [-0.15, -0.1) is 11.3 Å². The van der Waals surface area contributed by atoms with Crippen LogP contribution in [0.5, 0.6) is 0 Å². The second-order valence-corrected chi connectivity index (χ2v) is 8.30. The number of nitrogens with one attached hydrogen (secondary N) is 1. The molecule has 0 saturated heterocycles. The van der Waals surface area contributed by atoms with Gasteiger partial charge in [-0.05, 0) is 53.4 Å². The number of anilines is 1. The minimum absolute atomic E-state index is 0.0887. The lowest BCUT2D eigenvalue weighted by Crippen LogP contribution is -2.11. The van der Waals surface area contributed by atoms with Crippen LogP contribution in [0.15, 0.2) is 72.8 Å². The van der Waals surface area contributed by atoms with Crippen molar-refractivity contribution in [2.45, 2.75) is 26.2 Å². The predicted octanol–water partition coefficient (Wildman–Crippen LogP) is 6.26. The number of hydrogen-bond acceptors (Lipinski definition) is 3. The Morgan fingerprint density at radius 1 is 0.964 bits per heavy atom. The van der Waals surface area contributed by atoms with E-state index in [-0.39, 0.29) is 5.91 Å². The Kier molecular flexibility index (Phi) is 5.22. The Bertz CT molecular complexity index is 1060. The topological polar surface area (TPSA) is 42.0 Å². The fourth-order valence-corrected chi connectivity index (χ4v) is 4.10. The Morgan fingerprint density at radius 3 is 2.36 bits per heavy atom. The van der Waals surface area contributed by atoms with Gasteiger partial charge in [-0.25, -0.2) is 4.98 Å². The molecule has 0 atom stereocenters. The summed E-state index contributed by atoms with van der Waals surface area (Å²) in [7, 11) is 0. The van der Waals surface area contributed by atoms with Crippen LogP contribution in [-0.4, -0.2) is 10.9 Å². The molecular weight excluding hydrogens is 364 g/mol. The van der Waals surface area contributed by atoms with Crippen LogP contribution in [0.1, 0.15) is 46.3 Å². The largest absolute Gasteiger partial charge is 0.322 e. The van der Waals surface area contributed by atoms with Crippen LogP contribution in [0.2, 0.25) is 0 Å². The molecule has 0 aliphatic rings. The van der Waals surface area contributed by atoms with Crippen molar-refractivity contribution in [2.75, 3.05) is 5.32 Å². The number of rotatable bonds is 5. The normalized spacial score (nSPS) is 11.1. The number of hydrogen-bond donors (Lipinski definition) is 1. The summed E-state index contributed by atoms with van der Waals surface area (Å²) in [5.74, 6) is 0.370. The van der Waals surface area contributed by atoms with E-state index in [1.807, 2.05) is 66.7 Å². The van der Waals surface area contributed by atoms with Crippen LogP contribution >= 0.6 is 11.3 Å². The molecular formula is C24H22N2OS. The van der Waals surface area contributed by atoms with Crippen LogP contribution in [0.4, 0.5) is 5.69 Å². The van der Waals surface area contributed by atoms with Gasteiger partial charge in [-0.1, -0.05) is 50.2 Å². The number of carbonyl (C=O) groups is 1. The fraction of sp³-hybridized carbons (Fsp3) is 0.167. The van der Waals surface area contributed by atoms with Crippen molar-refractivity contribution >= 4 is 33.1 Å². The predicted molar refractivity (Wildman–Crippen MR) is 117 cm³/mol. The molecule has 4 heteroatoms. The zero-order valence-corrected chi connectivity index (χ0v) is 16.8. The first-order valence-corrected chi connectivity index (χ1v) is 10.2. The SMILES string of the molecule is CC(C)c1ccc(C(=O)Nc2ccc(Cc3nc4ccccc4s3)cc2)cc1. The van der Waals surface area contributed by atoms with Crippen LogP contribution in [0, 0.1) is 0 Å². The first kappa shape index (κ1) is 18.4. The summed E-state index contributed by atoms with van der Waals surface area (Å²) in [4.78, 5) is 17.1. The summed E-state index contributed by atoms with van der Waals surface area (Å²) in [6.45, 7) is 4.29. The van der Waals surface area contributed by atoms with E-state index < -0.39 is 0 Å². The van der Waals surface area contributed by atoms with Gasteiger partial charge < -0.3 is 5.32 Å². The van der Waals surface area contributed by atoms with Gasteiger partial charge in [0.05, 0.1) is 15.2 Å². The smallest absolute Gasteiger partial charge is 0.255 e. The van der Waals surface area contributed by atoms with Crippen LogP contribution in [-0.2, 0) is 6.42 Å². The van der Waals surface area contributed by atoms with Gasteiger partial charge in [-0.3, -0.25) is 4.79 Å². The lowest BCUT2D eigenvalue weighted by Gasteiger charge is -2.08. The van der Waals surface area contributed by atoms with Gasteiger partial charge in [0, 0.05) is 17.7 Å². The van der Waals surface area contributed by atoms with Crippen molar-refractivity contribution in [3.8, 4) is 0 Å². The summed E-state index contributed by atoms with van der Waals surface area (Å²) in [6, 6.07) is 24.0. The zero-order valence-electron chi connectivity index (χ0n) is 16.0. The molecule has 140 valence electrons. The lowest BCUT2D eigenvalue weighted by molar-refractivity contribution is 0.102. The molecule has 4 aromatic rings. The first-order valence-electron chi connectivity index (χ1n) is 9.43.